The third-order valence-electron chi connectivity index (χ3n) is 6.03. The van der Waals surface area contributed by atoms with Crippen LogP contribution in [0.3, 0.4) is 0 Å². The molecule has 0 amide bonds. The Kier molecular flexibility index (Phi) is 4.51. The van der Waals surface area contributed by atoms with Gasteiger partial charge in [-0.1, -0.05) is 0 Å². The molecule has 168 valence electrons. The molecule has 7 nitrogen and oxygen atoms in total. The van der Waals surface area contributed by atoms with Crippen LogP contribution in [0.5, 0.6) is 0 Å². The van der Waals surface area contributed by atoms with Crippen LogP contribution in [-0.2, 0) is 11.0 Å². The third kappa shape index (κ3) is 3.47. The molecular formula is C22H16F3N5O2S. The Hall–Kier alpha value is -3.34. The fourth-order valence-corrected chi connectivity index (χ4v) is 5.32. The van der Waals surface area contributed by atoms with Gasteiger partial charge in [-0.2, -0.15) is 18.3 Å². The number of Topliss-reactive ketones (excluding diaryl/α,β-unsaturated/α-hetero) is 1. The summed E-state index contributed by atoms with van der Waals surface area (Å²) in [5, 5.41) is 7.91. The van der Waals surface area contributed by atoms with Crippen LogP contribution < -0.4 is 0 Å². The summed E-state index contributed by atoms with van der Waals surface area (Å²) < 4.78 is 45.0. The molecule has 1 saturated carbocycles. The number of aromatic nitrogens is 4. The van der Waals surface area contributed by atoms with Crippen LogP contribution in [0.2, 0.25) is 0 Å². The number of imidazole rings is 1. The predicted molar refractivity (Wildman–Crippen MR) is 114 cm³/mol. The van der Waals surface area contributed by atoms with Crippen molar-refractivity contribution in [2.24, 2.45) is 10.9 Å². The van der Waals surface area contributed by atoms with Gasteiger partial charge < -0.3 is 9.40 Å². The highest BCUT2D eigenvalue weighted by Gasteiger charge is 2.43. The lowest BCUT2D eigenvalue weighted by molar-refractivity contribution is -0.137. The minimum atomic E-state index is -4.42. The van der Waals surface area contributed by atoms with Gasteiger partial charge in [0.05, 0.1) is 34.6 Å². The van der Waals surface area contributed by atoms with Crippen molar-refractivity contribution in [1.82, 2.24) is 20.2 Å². The van der Waals surface area contributed by atoms with Crippen molar-refractivity contribution in [2.45, 2.75) is 41.6 Å². The summed E-state index contributed by atoms with van der Waals surface area (Å²) in [6.45, 7) is 0. The largest absolute Gasteiger partial charge is 0.454 e. The van der Waals surface area contributed by atoms with E-state index in [1.807, 2.05) is 6.07 Å². The zero-order valence-electron chi connectivity index (χ0n) is 16.9. The molecule has 4 heterocycles. The zero-order chi connectivity index (χ0) is 22.7. The third-order valence-corrected chi connectivity index (χ3v) is 6.83. The van der Waals surface area contributed by atoms with E-state index in [9.17, 15) is 18.0 Å². The highest BCUT2D eigenvalue weighted by Crippen LogP contribution is 2.46. The fraction of sp³-hybridized carbons (Fsp3) is 0.273. The van der Waals surface area contributed by atoms with E-state index in [2.05, 4.69) is 25.2 Å². The van der Waals surface area contributed by atoms with Crippen molar-refractivity contribution in [3.63, 3.8) is 0 Å². The van der Waals surface area contributed by atoms with Gasteiger partial charge in [0.25, 0.3) is 0 Å². The van der Waals surface area contributed by atoms with E-state index in [1.54, 1.807) is 12.3 Å². The van der Waals surface area contributed by atoms with Crippen LogP contribution in [0.15, 0.2) is 56.2 Å². The fourth-order valence-electron chi connectivity index (χ4n) is 4.55. The number of fused-ring (bicyclic) bond motifs is 3. The van der Waals surface area contributed by atoms with Crippen LogP contribution in [0.4, 0.5) is 19.0 Å². The normalized spacial score (nSPS) is 20.6. The Labute approximate surface area is 188 Å². The summed E-state index contributed by atoms with van der Waals surface area (Å²) in [6, 6.07) is 6.97. The van der Waals surface area contributed by atoms with Crippen molar-refractivity contribution in [2.75, 3.05) is 0 Å². The summed E-state index contributed by atoms with van der Waals surface area (Å²) in [5.74, 6) is 0.700. The van der Waals surface area contributed by atoms with Gasteiger partial charge in [0.2, 0.25) is 0 Å². The summed E-state index contributed by atoms with van der Waals surface area (Å²) in [6.07, 6.45) is -0.699. The van der Waals surface area contributed by atoms with E-state index in [-0.39, 0.29) is 17.6 Å². The quantitative estimate of drug-likeness (QED) is 0.403. The molecule has 1 aliphatic carbocycles. The van der Waals surface area contributed by atoms with Crippen molar-refractivity contribution < 1.29 is 22.4 Å². The molecule has 2 N–H and O–H groups in total. The van der Waals surface area contributed by atoms with Crippen LogP contribution >= 0.6 is 11.8 Å². The second-order valence-electron chi connectivity index (χ2n) is 8.08. The average molecular weight is 471 g/mol. The Bertz CT molecular complexity index is 1420. The lowest BCUT2D eigenvalue weighted by Crippen LogP contribution is -2.36. The van der Waals surface area contributed by atoms with E-state index in [0.717, 1.165) is 36.2 Å². The molecule has 0 saturated heterocycles. The van der Waals surface area contributed by atoms with Gasteiger partial charge in [-0.25, -0.2) is 9.98 Å². The maximum absolute atomic E-state index is 13.0. The lowest BCUT2D eigenvalue weighted by Gasteiger charge is -2.32. The number of H-pyrrole nitrogens is 2. The molecule has 0 bridgehead atoms. The summed E-state index contributed by atoms with van der Waals surface area (Å²) in [5.41, 5.74) is 1.65. The van der Waals surface area contributed by atoms with Gasteiger partial charge >= 0.3 is 6.18 Å². The number of ketones is 1. The molecule has 11 heteroatoms. The number of carbonyl (C=O) groups excluding carboxylic acids is 1. The van der Waals surface area contributed by atoms with Gasteiger partial charge in [0, 0.05) is 17.7 Å². The topological polar surface area (TPSA) is 99.9 Å². The van der Waals surface area contributed by atoms with E-state index in [0.29, 0.717) is 39.3 Å². The Morgan fingerprint density at radius 2 is 2.00 bits per heavy atom. The number of carbonyl (C=O) groups is 1. The average Bonchev–Trinajstić information content (AvgIpc) is 3.50. The van der Waals surface area contributed by atoms with Crippen molar-refractivity contribution in [3.05, 3.63) is 53.4 Å². The van der Waals surface area contributed by atoms with Crippen molar-refractivity contribution in [3.8, 4) is 0 Å². The van der Waals surface area contributed by atoms with E-state index in [4.69, 9.17) is 4.42 Å². The molecule has 0 spiro atoms. The Balaban J connectivity index is 1.31. The van der Waals surface area contributed by atoms with E-state index >= 15 is 0 Å². The van der Waals surface area contributed by atoms with E-state index < -0.39 is 11.7 Å². The van der Waals surface area contributed by atoms with Crippen molar-refractivity contribution in [1.29, 1.82) is 0 Å². The molecule has 2 unspecified atom stereocenters. The van der Waals surface area contributed by atoms with Crippen LogP contribution in [-0.4, -0.2) is 31.7 Å². The van der Waals surface area contributed by atoms with Gasteiger partial charge in [-0.3, -0.25) is 9.89 Å². The number of nitrogens with zero attached hydrogens (tertiary/aromatic N) is 3. The first-order chi connectivity index (χ1) is 15.9. The number of alkyl halides is 3. The molecule has 33 heavy (non-hydrogen) atoms. The second kappa shape index (κ2) is 7.34. The molecule has 2 aliphatic rings. The molecule has 6 rings (SSSR count). The van der Waals surface area contributed by atoms with E-state index in [1.165, 1.54) is 17.8 Å². The highest BCUT2D eigenvalue weighted by molar-refractivity contribution is 7.99. The highest BCUT2D eigenvalue weighted by atomic mass is 32.2. The molecular weight excluding hydrogens is 455 g/mol. The molecule has 1 aromatic carbocycles. The molecule has 3 aromatic heterocycles. The van der Waals surface area contributed by atoms with Crippen molar-refractivity contribution >= 4 is 40.1 Å². The van der Waals surface area contributed by atoms with Gasteiger partial charge in [0.15, 0.2) is 16.1 Å². The minimum absolute atomic E-state index is 0.139. The molecule has 1 fully saturated rings. The van der Waals surface area contributed by atoms with Crippen LogP contribution in [0.1, 0.15) is 42.1 Å². The second-order valence-corrected chi connectivity index (χ2v) is 9.08. The number of aromatic amines is 2. The van der Waals surface area contributed by atoms with Crippen LogP contribution in [0, 0.1) is 5.92 Å². The number of hydrogen-bond donors (Lipinski definition) is 2. The van der Waals surface area contributed by atoms with Gasteiger partial charge in [-0.15, -0.1) is 0 Å². The first kappa shape index (κ1) is 20.3. The first-order valence-electron chi connectivity index (χ1n) is 10.3. The number of benzene rings is 1. The summed E-state index contributed by atoms with van der Waals surface area (Å²) in [4.78, 5) is 24.7. The monoisotopic (exact) mass is 471 g/mol. The maximum atomic E-state index is 13.0. The number of nitrogens with one attached hydrogen (secondary N) is 2. The number of halogens is 3. The van der Waals surface area contributed by atoms with Gasteiger partial charge in [0.1, 0.15) is 11.5 Å². The molecule has 0 radical (unpaired) electrons. The SMILES string of the molecule is O=C1CCCC2=Nc3[nH]ncc3C(c3ccc(Sc4nc5ccc(C(F)(F)F)cc5[nH]4)o3)C12. The first-order valence-corrected chi connectivity index (χ1v) is 11.2. The summed E-state index contributed by atoms with van der Waals surface area (Å²) in [7, 11) is 0. The number of furan rings is 1. The molecule has 2 atom stereocenters. The number of rotatable bonds is 3. The maximum Gasteiger partial charge on any atom is 0.416 e. The zero-order valence-corrected chi connectivity index (χ0v) is 17.8. The number of aliphatic imine (C=N–C) groups is 1. The minimum Gasteiger partial charge on any atom is -0.454 e. The molecule has 1 aliphatic heterocycles. The summed E-state index contributed by atoms with van der Waals surface area (Å²) >= 11 is 1.17. The lowest BCUT2D eigenvalue weighted by atomic mass is 9.72. The standard InChI is InChI=1S/C22H16F3N5O2S/c23-22(24,25)10-4-5-12-14(8-10)29-21(28-12)33-17-7-6-16(32-17)18-11-9-26-30-20(11)27-13-2-1-3-15(31)19(13)18/h4-9,18-19H,1-3H2,(H,26,30)(H,28,29). The molecule has 4 aromatic rings. The Morgan fingerprint density at radius 3 is 2.85 bits per heavy atom. The Morgan fingerprint density at radius 1 is 1.12 bits per heavy atom. The smallest absolute Gasteiger partial charge is 0.416 e. The van der Waals surface area contributed by atoms with Gasteiger partial charge in [-0.05, 0) is 54.9 Å². The predicted octanol–water partition coefficient (Wildman–Crippen LogP) is 5.64. The number of hydrogen-bond acceptors (Lipinski definition) is 6. The van der Waals surface area contributed by atoms with Crippen LogP contribution in [0.25, 0.3) is 11.0 Å².